The topological polar surface area (TPSA) is 117 Å². The molecule has 0 aliphatic carbocycles. The van der Waals surface area contributed by atoms with Gasteiger partial charge in [-0.3, -0.25) is 18.9 Å². The van der Waals surface area contributed by atoms with Crippen molar-refractivity contribution in [2.45, 2.75) is 44.9 Å². The molecule has 1 saturated heterocycles. The second-order valence-electron chi connectivity index (χ2n) is 9.17. The number of aromatic nitrogens is 1. The number of hydrogen-bond acceptors (Lipinski definition) is 4. The fourth-order valence-corrected chi connectivity index (χ4v) is 5.53. The number of ketones is 2. The first-order valence-electron chi connectivity index (χ1n) is 11.6. The van der Waals surface area contributed by atoms with Crippen LogP contribution in [0.25, 0.3) is 10.9 Å². The first-order valence-corrected chi connectivity index (χ1v) is 13.6. The standard InChI is InChI=1S/C25H23ClF3N2O6P/c1-13(32)17-11-30(20-9-23(38(35,36)37)19(28)8-16(17)20)12-24(34)31-10-15(27)7-21(31)22(33)6-5-14-3-2-4-18(26)25(14)29/h2-4,8-9,11,15,21H,5-7,10,12H2,1H3,(H2,35,36,37)/t15-,21+/m1/s1. The van der Waals surface area contributed by atoms with Crippen molar-refractivity contribution in [2.75, 3.05) is 6.54 Å². The van der Waals surface area contributed by atoms with Crippen LogP contribution < -0.4 is 5.30 Å². The van der Waals surface area contributed by atoms with Gasteiger partial charge in [0.2, 0.25) is 5.91 Å². The van der Waals surface area contributed by atoms with Gasteiger partial charge in [0.05, 0.1) is 23.1 Å². The van der Waals surface area contributed by atoms with Crippen LogP contribution in [0.2, 0.25) is 5.02 Å². The van der Waals surface area contributed by atoms with E-state index in [1.165, 1.54) is 35.9 Å². The average Bonchev–Trinajstić information content (AvgIpc) is 3.39. The number of alkyl halides is 1. The van der Waals surface area contributed by atoms with E-state index in [9.17, 15) is 41.9 Å². The average molecular weight is 571 g/mol. The Balaban J connectivity index is 1.59. The summed E-state index contributed by atoms with van der Waals surface area (Å²) in [5.74, 6) is -3.50. The van der Waals surface area contributed by atoms with E-state index in [1.807, 2.05) is 0 Å². The molecular weight excluding hydrogens is 548 g/mol. The van der Waals surface area contributed by atoms with Gasteiger partial charge >= 0.3 is 7.60 Å². The fraction of sp³-hybridized carbons (Fsp3) is 0.320. The van der Waals surface area contributed by atoms with Crippen LogP contribution in [0, 0.1) is 11.6 Å². The zero-order valence-electron chi connectivity index (χ0n) is 20.0. The van der Waals surface area contributed by atoms with E-state index in [1.54, 1.807) is 0 Å². The molecular formula is C25H23ClF3N2O6P. The molecule has 2 heterocycles. The van der Waals surface area contributed by atoms with Crippen molar-refractivity contribution in [3.8, 4) is 0 Å². The van der Waals surface area contributed by atoms with Gasteiger partial charge in [-0.15, -0.1) is 0 Å². The van der Waals surface area contributed by atoms with Crippen molar-refractivity contribution in [3.63, 3.8) is 0 Å². The Bertz CT molecular complexity index is 1500. The number of rotatable bonds is 8. The van der Waals surface area contributed by atoms with E-state index >= 15 is 0 Å². The van der Waals surface area contributed by atoms with Gasteiger partial charge < -0.3 is 19.3 Å². The molecule has 1 fully saturated rings. The molecule has 1 amide bonds. The summed E-state index contributed by atoms with van der Waals surface area (Å²) in [7, 11) is -5.02. The van der Waals surface area contributed by atoms with Crippen molar-refractivity contribution in [1.82, 2.24) is 9.47 Å². The highest BCUT2D eigenvalue weighted by Crippen LogP contribution is 2.37. The van der Waals surface area contributed by atoms with Crippen LogP contribution in [0.5, 0.6) is 0 Å². The highest BCUT2D eigenvalue weighted by molar-refractivity contribution is 7.60. The van der Waals surface area contributed by atoms with Gasteiger partial charge in [-0.05, 0) is 37.1 Å². The molecule has 0 saturated carbocycles. The Hall–Kier alpha value is -2.98. The molecule has 0 unspecified atom stereocenters. The van der Waals surface area contributed by atoms with Crippen LogP contribution in [0.4, 0.5) is 13.2 Å². The maximum atomic E-state index is 14.4. The van der Waals surface area contributed by atoms with Gasteiger partial charge in [-0.1, -0.05) is 23.7 Å². The second kappa shape index (κ2) is 10.6. The number of carbonyl (C=O) groups excluding carboxylic acids is 3. The maximum absolute atomic E-state index is 14.4. The van der Waals surface area contributed by atoms with Crippen molar-refractivity contribution in [1.29, 1.82) is 0 Å². The van der Waals surface area contributed by atoms with Gasteiger partial charge in [-0.25, -0.2) is 13.2 Å². The lowest BCUT2D eigenvalue weighted by atomic mass is 10.0. The van der Waals surface area contributed by atoms with Crippen LogP contribution >= 0.6 is 19.2 Å². The number of aryl methyl sites for hydroxylation is 1. The predicted molar refractivity (Wildman–Crippen MR) is 133 cm³/mol. The molecule has 13 heteroatoms. The van der Waals surface area contributed by atoms with Crippen LogP contribution in [0.1, 0.15) is 35.7 Å². The summed E-state index contributed by atoms with van der Waals surface area (Å²) in [6.45, 7) is 0.346. The summed E-state index contributed by atoms with van der Waals surface area (Å²) in [6.07, 6.45) is -0.622. The molecule has 8 nitrogen and oxygen atoms in total. The van der Waals surface area contributed by atoms with Gasteiger partial charge in [0.1, 0.15) is 29.7 Å². The Morgan fingerprint density at radius 2 is 1.89 bits per heavy atom. The predicted octanol–water partition coefficient (Wildman–Crippen LogP) is 3.72. The first-order chi connectivity index (χ1) is 17.8. The normalized spacial score (nSPS) is 17.8. The fourth-order valence-electron chi connectivity index (χ4n) is 4.70. The number of nitrogens with zero attached hydrogens (tertiary/aromatic N) is 2. The minimum absolute atomic E-state index is 0.00162. The second-order valence-corrected chi connectivity index (χ2v) is 11.1. The highest BCUT2D eigenvalue weighted by Gasteiger charge is 2.39. The molecule has 0 bridgehead atoms. The largest absolute Gasteiger partial charge is 0.359 e. The summed E-state index contributed by atoms with van der Waals surface area (Å²) in [5.41, 5.74) is 0.241. The Morgan fingerprint density at radius 1 is 1.18 bits per heavy atom. The minimum atomic E-state index is -5.02. The number of amides is 1. The van der Waals surface area contributed by atoms with Crippen molar-refractivity contribution < 1.29 is 41.9 Å². The van der Waals surface area contributed by atoms with Gasteiger partial charge in [0.15, 0.2) is 11.6 Å². The molecule has 2 atom stereocenters. The highest BCUT2D eigenvalue weighted by atomic mass is 35.5. The molecule has 4 rings (SSSR count). The molecule has 1 aromatic heterocycles. The van der Waals surface area contributed by atoms with E-state index < -0.39 is 60.8 Å². The van der Waals surface area contributed by atoms with E-state index in [2.05, 4.69) is 0 Å². The zero-order chi connectivity index (χ0) is 27.9. The van der Waals surface area contributed by atoms with E-state index in [4.69, 9.17) is 11.6 Å². The van der Waals surface area contributed by atoms with Crippen molar-refractivity contribution >= 4 is 52.9 Å². The van der Waals surface area contributed by atoms with Crippen molar-refractivity contribution in [2.24, 2.45) is 0 Å². The van der Waals surface area contributed by atoms with E-state index in [0.717, 1.165) is 17.0 Å². The summed E-state index contributed by atoms with van der Waals surface area (Å²) in [5, 5.41) is -0.957. The van der Waals surface area contributed by atoms with Crippen LogP contribution in [-0.4, -0.2) is 55.5 Å². The number of benzene rings is 2. The lowest BCUT2D eigenvalue weighted by molar-refractivity contribution is -0.138. The number of carbonyl (C=O) groups is 3. The van der Waals surface area contributed by atoms with Gasteiger partial charge in [-0.2, -0.15) is 0 Å². The lowest BCUT2D eigenvalue weighted by Crippen LogP contribution is -2.42. The summed E-state index contributed by atoms with van der Waals surface area (Å²) < 4.78 is 55.9. The Morgan fingerprint density at radius 3 is 2.55 bits per heavy atom. The molecule has 2 N–H and O–H groups in total. The lowest BCUT2D eigenvalue weighted by Gasteiger charge is -2.24. The molecule has 38 heavy (non-hydrogen) atoms. The minimum Gasteiger partial charge on any atom is -0.337 e. The molecule has 202 valence electrons. The summed E-state index contributed by atoms with van der Waals surface area (Å²) in [6, 6.07) is 4.97. The van der Waals surface area contributed by atoms with Crippen LogP contribution in [0.3, 0.4) is 0 Å². The molecule has 3 aromatic rings. The monoisotopic (exact) mass is 570 g/mol. The summed E-state index contributed by atoms with van der Waals surface area (Å²) in [4.78, 5) is 58.3. The van der Waals surface area contributed by atoms with Crippen LogP contribution in [-0.2, 0) is 27.1 Å². The van der Waals surface area contributed by atoms with Gasteiger partial charge in [0, 0.05) is 30.0 Å². The van der Waals surface area contributed by atoms with Gasteiger partial charge in [0.25, 0.3) is 0 Å². The SMILES string of the molecule is CC(=O)c1cn(CC(=O)N2C[C@H](F)C[C@H]2C(=O)CCc2cccc(Cl)c2F)c2cc(P(=O)(O)O)c(F)cc12. The number of likely N-dealkylation sites (tertiary alicyclic amines) is 1. The zero-order valence-corrected chi connectivity index (χ0v) is 21.7. The molecule has 2 aromatic carbocycles. The quantitative estimate of drug-likeness (QED) is 0.315. The number of fused-ring (bicyclic) bond motifs is 1. The third kappa shape index (κ3) is 5.56. The summed E-state index contributed by atoms with van der Waals surface area (Å²) >= 11 is 5.77. The van der Waals surface area contributed by atoms with E-state index in [0.29, 0.717) is 0 Å². The van der Waals surface area contributed by atoms with Crippen LogP contribution in [0.15, 0.2) is 36.5 Å². The number of halogens is 4. The smallest absolute Gasteiger partial charge is 0.337 e. The van der Waals surface area contributed by atoms with Crippen molar-refractivity contribution in [3.05, 3.63) is 64.3 Å². The first kappa shape index (κ1) is 28.0. The number of Topliss-reactive ketones (excluding diaryl/α,β-unsaturated/α-hetero) is 2. The third-order valence-electron chi connectivity index (χ3n) is 6.56. The molecule has 1 aliphatic rings. The maximum Gasteiger partial charge on any atom is 0.359 e. The number of hydrogen-bond donors (Lipinski definition) is 2. The Kier molecular flexibility index (Phi) is 7.86. The molecule has 1 aliphatic heterocycles. The van der Waals surface area contributed by atoms with E-state index in [-0.39, 0.29) is 52.9 Å². The third-order valence-corrected chi connectivity index (χ3v) is 7.83. The Labute approximate surface area is 220 Å². The molecule has 0 spiro atoms. The molecule has 0 radical (unpaired) electrons.